The lowest BCUT2D eigenvalue weighted by Crippen LogP contribution is -2.16. The average molecular weight is 234 g/mol. The number of epoxide rings is 1. The molecule has 1 saturated heterocycles. The first-order valence-corrected chi connectivity index (χ1v) is 6.57. The van der Waals surface area contributed by atoms with Crippen molar-refractivity contribution in [2.45, 2.75) is 45.1 Å². The van der Waals surface area contributed by atoms with Gasteiger partial charge in [-0.1, -0.05) is 31.9 Å². The van der Waals surface area contributed by atoms with Crippen molar-refractivity contribution in [2.24, 2.45) is 0 Å². The van der Waals surface area contributed by atoms with Crippen LogP contribution >= 0.6 is 0 Å². The number of hydrogen-bond acceptors (Lipinski definition) is 2. The molecule has 0 bridgehead atoms. The van der Waals surface area contributed by atoms with Gasteiger partial charge in [0, 0.05) is 0 Å². The third-order valence-corrected chi connectivity index (χ3v) is 3.17. The van der Waals surface area contributed by atoms with Crippen LogP contribution in [0.25, 0.3) is 0 Å². The zero-order valence-electron chi connectivity index (χ0n) is 10.9. The van der Waals surface area contributed by atoms with Gasteiger partial charge in [-0.05, 0) is 37.5 Å². The number of unbranched alkanes of at least 4 members (excludes halogenated alkanes) is 2. The molecule has 1 atom stereocenters. The Morgan fingerprint density at radius 3 is 2.53 bits per heavy atom. The summed E-state index contributed by atoms with van der Waals surface area (Å²) < 4.78 is 11.0. The fourth-order valence-electron chi connectivity index (χ4n) is 1.77. The molecule has 1 unspecified atom stereocenters. The third-order valence-electron chi connectivity index (χ3n) is 3.17. The zero-order chi connectivity index (χ0) is 12.1. The van der Waals surface area contributed by atoms with Crippen molar-refractivity contribution in [3.05, 3.63) is 29.8 Å². The molecule has 1 aromatic rings. The summed E-state index contributed by atoms with van der Waals surface area (Å²) in [6.07, 6.45) is 5.05. The second-order valence-electron chi connectivity index (χ2n) is 5.13. The predicted octanol–water partition coefficient (Wildman–Crippen LogP) is 3.59. The van der Waals surface area contributed by atoms with Gasteiger partial charge in [0.25, 0.3) is 0 Å². The van der Waals surface area contributed by atoms with Gasteiger partial charge in [-0.15, -0.1) is 0 Å². The van der Waals surface area contributed by atoms with E-state index in [0.29, 0.717) is 6.61 Å². The highest BCUT2D eigenvalue weighted by Crippen LogP contribution is 2.27. The monoisotopic (exact) mass is 234 g/mol. The molecule has 2 heteroatoms. The minimum Gasteiger partial charge on any atom is -0.491 e. The molecular formula is C15H22O2. The summed E-state index contributed by atoms with van der Waals surface area (Å²) in [5.41, 5.74) is 1.37. The van der Waals surface area contributed by atoms with E-state index >= 15 is 0 Å². The van der Waals surface area contributed by atoms with Gasteiger partial charge >= 0.3 is 0 Å². The maximum Gasteiger partial charge on any atom is 0.123 e. The standard InChI is InChI=1S/C15H22O2/c1-3-4-5-6-13-7-9-14(10-8-13)16-11-15(2)12-17-15/h7-10H,3-6,11-12H2,1-2H3. The highest BCUT2D eigenvalue weighted by atomic mass is 16.6. The van der Waals surface area contributed by atoms with Crippen molar-refractivity contribution in [3.63, 3.8) is 0 Å². The van der Waals surface area contributed by atoms with E-state index in [0.717, 1.165) is 12.4 Å². The quantitative estimate of drug-likeness (QED) is 0.531. The van der Waals surface area contributed by atoms with Gasteiger partial charge in [0.05, 0.1) is 6.61 Å². The summed E-state index contributed by atoms with van der Waals surface area (Å²) in [4.78, 5) is 0. The Hall–Kier alpha value is -1.02. The minimum atomic E-state index is -0.0280. The molecule has 0 saturated carbocycles. The molecule has 0 aromatic heterocycles. The normalized spacial score (nSPS) is 22.5. The molecule has 0 radical (unpaired) electrons. The highest BCUT2D eigenvalue weighted by Gasteiger charge is 2.40. The van der Waals surface area contributed by atoms with Crippen LogP contribution in [-0.4, -0.2) is 18.8 Å². The molecule has 1 heterocycles. The van der Waals surface area contributed by atoms with Crippen molar-refractivity contribution in [3.8, 4) is 5.75 Å². The van der Waals surface area contributed by atoms with Gasteiger partial charge in [-0.2, -0.15) is 0 Å². The lowest BCUT2D eigenvalue weighted by molar-refractivity contribution is 0.202. The second-order valence-corrected chi connectivity index (χ2v) is 5.13. The largest absolute Gasteiger partial charge is 0.491 e. The Balaban J connectivity index is 1.76. The molecule has 1 fully saturated rings. The van der Waals surface area contributed by atoms with Gasteiger partial charge in [0.2, 0.25) is 0 Å². The van der Waals surface area contributed by atoms with E-state index in [1.165, 1.54) is 31.2 Å². The molecule has 0 amide bonds. The number of ether oxygens (including phenoxy) is 2. The number of aryl methyl sites for hydroxylation is 1. The van der Waals surface area contributed by atoms with Gasteiger partial charge in [0.1, 0.15) is 18.0 Å². The van der Waals surface area contributed by atoms with E-state index in [2.05, 4.69) is 38.1 Å². The third kappa shape index (κ3) is 4.04. The summed E-state index contributed by atoms with van der Waals surface area (Å²) in [7, 11) is 0. The SMILES string of the molecule is CCCCCc1ccc(OCC2(C)CO2)cc1. The van der Waals surface area contributed by atoms with E-state index in [-0.39, 0.29) is 5.60 Å². The fraction of sp³-hybridized carbons (Fsp3) is 0.600. The summed E-state index contributed by atoms with van der Waals surface area (Å²) in [5, 5.41) is 0. The fourth-order valence-corrected chi connectivity index (χ4v) is 1.77. The van der Waals surface area contributed by atoms with Crippen molar-refractivity contribution >= 4 is 0 Å². The molecule has 2 nitrogen and oxygen atoms in total. The Morgan fingerprint density at radius 2 is 1.94 bits per heavy atom. The molecule has 1 aromatic carbocycles. The summed E-state index contributed by atoms with van der Waals surface area (Å²) >= 11 is 0. The minimum absolute atomic E-state index is 0.0280. The van der Waals surface area contributed by atoms with E-state index in [1.807, 2.05) is 0 Å². The Kier molecular flexibility index (Phi) is 4.06. The van der Waals surface area contributed by atoms with Gasteiger partial charge in [-0.25, -0.2) is 0 Å². The van der Waals surface area contributed by atoms with Gasteiger partial charge in [0.15, 0.2) is 0 Å². The van der Waals surface area contributed by atoms with Crippen LogP contribution in [0.5, 0.6) is 5.75 Å². The van der Waals surface area contributed by atoms with Crippen molar-refractivity contribution < 1.29 is 9.47 Å². The summed E-state index contributed by atoms with van der Waals surface area (Å²) in [6.45, 7) is 5.79. The predicted molar refractivity (Wildman–Crippen MR) is 69.5 cm³/mol. The molecule has 2 rings (SSSR count). The molecule has 1 aliphatic rings. The zero-order valence-corrected chi connectivity index (χ0v) is 10.9. The first-order valence-electron chi connectivity index (χ1n) is 6.57. The lowest BCUT2D eigenvalue weighted by atomic mass is 10.1. The van der Waals surface area contributed by atoms with E-state index < -0.39 is 0 Å². The van der Waals surface area contributed by atoms with Crippen LogP contribution in [0.1, 0.15) is 38.7 Å². The van der Waals surface area contributed by atoms with Crippen molar-refractivity contribution in [1.82, 2.24) is 0 Å². The summed E-state index contributed by atoms with van der Waals surface area (Å²) in [6, 6.07) is 8.46. The van der Waals surface area contributed by atoms with Crippen LogP contribution in [-0.2, 0) is 11.2 Å². The molecule has 94 valence electrons. The average Bonchev–Trinajstić information content (AvgIpc) is 3.07. The van der Waals surface area contributed by atoms with Gasteiger partial charge < -0.3 is 9.47 Å². The molecule has 0 N–H and O–H groups in total. The van der Waals surface area contributed by atoms with Crippen molar-refractivity contribution in [1.29, 1.82) is 0 Å². The molecule has 0 spiro atoms. The van der Waals surface area contributed by atoms with Crippen LogP contribution in [0, 0.1) is 0 Å². The van der Waals surface area contributed by atoms with E-state index in [1.54, 1.807) is 0 Å². The second kappa shape index (κ2) is 5.54. The number of benzene rings is 1. The number of hydrogen-bond donors (Lipinski definition) is 0. The number of rotatable bonds is 7. The van der Waals surface area contributed by atoms with Crippen LogP contribution in [0.15, 0.2) is 24.3 Å². The maximum absolute atomic E-state index is 5.69. The molecular weight excluding hydrogens is 212 g/mol. The van der Waals surface area contributed by atoms with Crippen molar-refractivity contribution in [2.75, 3.05) is 13.2 Å². The van der Waals surface area contributed by atoms with E-state index in [9.17, 15) is 0 Å². The summed E-state index contributed by atoms with van der Waals surface area (Å²) in [5.74, 6) is 0.945. The lowest BCUT2D eigenvalue weighted by Gasteiger charge is -2.09. The highest BCUT2D eigenvalue weighted by molar-refractivity contribution is 5.27. The Bertz CT molecular complexity index is 338. The van der Waals surface area contributed by atoms with E-state index in [4.69, 9.17) is 9.47 Å². The van der Waals surface area contributed by atoms with Crippen LogP contribution in [0.3, 0.4) is 0 Å². The molecule has 17 heavy (non-hydrogen) atoms. The van der Waals surface area contributed by atoms with Crippen LogP contribution < -0.4 is 4.74 Å². The first kappa shape index (κ1) is 12.4. The Labute approximate surface area is 104 Å². The maximum atomic E-state index is 5.69. The Morgan fingerprint density at radius 1 is 1.24 bits per heavy atom. The smallest absolute Gasteiger partial charge is 0.123 e. The topological polar surface area (TPSA) is 21.8 Å². The van der Waals surface area contributed by atoms with Gasteiger partial charge in [-0.3, -0.25) is 0 Å². The van der Waals surface area contributed by atoms with Crippen LogP contribution in [0.2, 0.25) is 0 Å². The molecule has 1 aliphatic heterocycles. The molecule has 0 aliphatic carbocycles. The first-order chi connectivity index (χ1) is 8.22. The van der Waals surface area contributed by atoms with Crippen LogP contribution in [0.4, 0.5) is 0 Å².